The highest BCUT2D eigenvalue weighted by atomic mass is 19.4. The van der Waals surface area contributed by atoms with E-state index in [4.69, 9.17) is 0 Å². The van der Waals surface area contributed by atoms with Gasteiger partial charge in [-0.1, -0.05) is 55.4 Å². The lowest BCUT2D eigenvalue weighted by molar-refractivity contribution is -0.175. The van der Waals surface area contributed by atoms with Crippen LogP contribution in [0.4, 0.5) is 13.2 Å². The van der Waals surface area contributed by atoms with Gasteiger partial charge >= 0.3 is 6.18 Å². The molecule has 1 saturated heterocycles. The molecule has 1 rings (SSSR count). The Morgan fingerprint density at radius 2 is 1.34 bits per heavy atom. The Balaban J connectivity index is 0. The summed E-state index contributed by atoms with van der Waals surface area (Å²) in [6.07, 6.45) is -4.30. The molecule has 3 atom stereocenters. The fraction of sp³-hybridized carbons (Fsp3) is 0.818. The number of alkyl halides is 3. The van der Waals surface area contributed by atoms with Crippen LogP contribution in [0.1, 0.15) is 75.2 Å². The molecule has 32 heavy (non-hydrogen) atoms. The van der Waals surface area contributed by atoms with Crippen molar-refractivity contribution in [1.82, 2.24) is 15.5 Å². The first-order chi connectivity index (χ1) is 14.8. The smallest absolute Gasteiger partial charge is 0.344 e. The van der Waals surface area contributed by atoms with Crippen molar-refractivity contribution in [2.75, 3.05) is 6.54 Å². The van der Waals surface area contributed by atoms with E-state index >= 15 is 0 Å². The maximum atomic E-state index is 12.8. The average molecular weight is 468 g/mol. The second-order valence-electron chi connectivity index (χ2n) is 7.70. The molecule has 0 aromatic rings. The van der Waals surface area contributed by atoms with E-state index in [9.17, 15) is 32.3 Å². The normalized spacial score (nSPS) is 17.4. The van der Waals surface area contributed by atoms with E-state index in [-0.39, 0.29) is 18.9 Å². The van der Waals surface area contributed by atoms with E-state index in [1.54, 1.807) is 13.8 Å². The van der Waals surface area contributed by atoms with Gasteiger partial charge in [0, 0.05) is 13.5 Å². The van der Waals surface area contributed by atoms with Crippen molar-refractivity contribution in [2.24, 2.45) is 11.8 Å². The molecule has 188 valence electrons. The molecule has 0 radical (unpaired) electrons. The van der Waals surface area contributed by atoms with Crippen LogP contribution in [0.15, 0.2) is 0 Å². The summed E-state index contributed by atoms with van der Waals surface area (Å²) in [6, 6.07) is -3.55. The Bertz CT molecular complexity index is 622. The molecule has 0 aliphatic carbocycles. The number of carbonyl (C=O) groups excluding carboxylic acids is 4. The number of likely N-dealkylation sites (tertiary alicyclic amines) is 1. The monoisotopic (exact) mass is 467 g/mol. The SMILES string of the molecule is CC.CC.CC(=O)NC(C(=O)N1CCCC1C(=O)NC(C(=O)C(F)(F)F)C(C)C)C(C)C. The molecular weight excluding hydrogens is 427 g/mol. The number of ketones is 1. The quantitative estimate of drug-likeness (QED) is 0.599. The first kappa shape index (κ1) is 32.1. The third kappa shape index (κ3) is 9.56. The van der Waals surface area contributed by atoms with Crippen LogP contribution in [0.3, 0.4) is 0 Å². The van der Waals surface area contributed by atoms with Crippen LogP contribution in [0.2, 0.25) is 0 Å². The fourth-order valence-corrected chi connectivity index (χ4v) is 3.18. The van der Waals surface area contributed by atoms with Crippen molar-refractivity contribution in [3.05, 3.63) is 0 Å². The molecule has 10 heteroatoms. The molecule has 1 aliphatic rings. The van der Waals surface area contributed by atoms with Gasteiger partial charge in [0.25, 0.3) is 5.78 Å². The Morgan fingerprint density at radius 3 is 1.72 bits per heavy atom. The van der Waals surface area contributed by atoms with Crippen molar-refractivity contribution < 1.29 is 32.3 Å². The molecule has 0 spiro atoms. The van der Waals surface area contributed by atoms with E-state index in [0.29, 0.717) is 6.42 Å². The summed E-state index contributed by atoms with van der Waals surface area (Å²) in [7, 11) is 0. The van der Waals surface area contributed by atoms with Gasteiger partial charge in [-0.25, -0.2) is 0 Å². The largest absolute Gasteiger partial charge is 0.452 e. The number of halogens is 3. The predicted octanol–water partition coefficient (Wildman–Crippen LogP) is 3.46. The highest BCUT2D eigenvalue weighted by Gasteiger charge is 2.46. The lowest BCUT2D eigenvalue weighted by Gasteiger charge is -2.31. The highest BCUT2D eigenvalue weighted by molar-refractivity contribution is 5.96. The molecule has 3 amide bonds. The second-order valence-corrected chi connectivity index (χ2v) is 7.70. The third-order valence-corrected chi connectivity index (χ3v) is 4.66. The van der Waals surface area contributed by atoms with Crippen molar-refractivity contribution >= 4 is 23.5 Å². The van der Waals surface area contributed by atoms with Gasteiger partial charge in [0.1, 0.15) is 12.1 Å². The standard InChI is InChI=1S/C18H28F3N3O4.2C2H6/c1-9(2)13(15(26)18(19,20)21)23-16(27)12-7-6-8-24(12)17(28)14(10(3)4)22-11(5)25;2*1-2/h9-10,12-14H,6-8H2,1-5H3,(H,22,25)(H,23,27);2*1-2H3. The minimum Gasteiger partial charge on any atom is -0.344 e. The zero-order valence-corrected chi connectivity index (χ0v) is 20.7. The molecule has 7 nitrogen and oxygen atoms in total. The zero-order chi connectivity index (χ0) is 25.8. The lowest BCUT2D eigenvalue weighted by atomic mass is 9.98. The van der Waals surface area contributed by atoms with Crippen LogP contribution in [0.5, 0.6) is 0 Å². The molecule has 1 fully saturated rings. The van der Waals surface area contributed by atoms with Gasteiger partial charge in [-0.3, -0.25) is 19.2 Å². The van der Waals surface area contributed by atoms with Crippen LogP contribution < -0.4 is 10.6 Å². The first-order valence-corrected chi connectivity index (χ1v) is 11.3. The van der Waals surface area contributed by atoms with Crippen LogP contribution in [0, 0.1) is 11.8 Å². The molecular formula is C22H40F3N3O4. The maximum absolute atomic E-state index is 12.8. The summed E-state index contributed by atoms with van der Waals surface area (Å²) >= 11 is 0. The van der Waals surface area contributed by atoms with Crippen LogP contribution in [-0.2, 0) is 19.2 Å². The molecule has 0 saturated carbocycles. The number of nitrogens with zero attached hydrogens (tertiary/aromatic N) is 1. The Morgan fingerprint density at radius 1 is 0.875 bits per heavy atom. The van der Waals surface area contributed by atoms with Gasteiger partial charge in [0.15, 0.2) is 0 Å². The van der Waals surface area contributed by atoms with Gasteiger partial charge in [0.05, 0.1) is 6.04 Å². The maximum Gasteiger partial charge on any atom is 0.452 e. The van der Waals surface area contributed by atoms with E-state index in [0.717, 1.165) is 0 Å². The summed E-state index contributed by atoms with van der Waals surface area (Å²) in [4.78, 5) is 49.7. The zero-order valence-electron chi connectivity index (χ0n) is 20.7. The predicted molar refractivity (Wildman–Crippen MR) is 118 cm³/mol. The summed E-state index contributed by atoms with van der Waals surface area (Å²) < 4.78 is 38.4. The van der Waals surface area contributed by atoms with Crippen LogP contribution in [-0.4, -0.2) is 59.3 Å². The van der Waals surface area contributed by atoms with Gasteiger partial charge < -0.3 is 15.5 Å². The number of Topliss-reactive ketones (excluding diaryl/α,β-unsaturated/α-hetero) is 1. The summed E-state index contributed by atoms with van der Waals surface area (Å²) in [5, 5.41) is 4.72. The van der Waals surface area contributed by atoms with Gasteiger partial charge in [-0.15, -0.1) is 0 Å². The molecule has 0 bridgehead atoms. The van der Waals surface area contributed by atoms with Gasteiger partial charge in [-0.2, -0.15) is 13.2 Å². The minimum absolute atomic E-state index is 0.240. The number of hydrogen-bond donors (Lipinski definition) is 2. The summed E-state index contributed by atoms with van der Waals surface area (Å²) in [5.41, 5.74) is 0. The number of rotatable bonds is 7. The Labute approximate surface area is 189 Å². The van der Waals surface area contributed by atoms with Gasteiger partial charge in [0.2, 0.25) is 17.7 Å². The molecule has 0 aromatic heterocycles. The highest BCUT2D eigenvalue weighted by Crippen LogP contribution is 2.24. The topological polar surface area (TPSA) is 95.6 Å². The number of hydrogen-bond acceptors (Lipinski definition) is 4. The summed E-state index contributed by atoms with van der Waals surface area (Å²) in [6.45, 7) is 15.8. The second kappa shape index (κ2) is 14.8. The number of nitrogens with one attached hydrogen (secondary N) is 2. The minimum atomic E-state index is -5.07. The number of carbonyl (C=O) groups is 4. The number of amides is 3. The fourth-order valence-electron chi connectivity index (χ4n) is 3.18. The molecule has 1 aliphatic heterocycles. The molecule has 1 heterocycles. The first-order valence-electron chi connectivity index (χ1n) is 11.3. The van der Waals surface area contributed by atoms with Gasteiger partial charge in [-0.05, 0) is 24.7 Å². The van der Waals surface area contributed by atoms with E-state index < -0.39 is 53.7 Å². The Hall–Kier alpha value is -2.13. The van der Waals surface area contributed by atoms with E-state index in [1.807, 2.05) is 27.7 Å². The van der Waals surface area contributed by atoms with Crippen molar-refractivity contribution in [3.8, 4) is 0 Å². The van der Waals surface area contributed by atoms with Crippen LogP contribution >= 0.6 is 0 Å². The van der Waals surface area contributed by atoms with Crippen LogP contribution in [0.25, 0.3) is 0 Å². The van der Waals surface area contributed by atoms with E-state index in [2.05, 4.69) is 10.6 Å². The van der Waals surface area contributed by atoms with E-state index in [1.165, 1.54) is 25.7 Å². The van der Waals surface area contributed by atoms with Crippen molar-refractivity contribution in [2.45, 2.75) is 99.5 Å². The van der Waals surface area contributed by atoms with Crippen molar-refractivity contribution in [3.63, 3.8) is 0 Å². The average Bonchev–Trinajstić information content (AvgIpc) is 3.21. The molecule has 2 N–H and O–H groups in total. The lowest BCUT2D eigenvalue weighted by Crippen LogP contribution is -2.58. The van der Waals surface area contributed by atoms with Crippen molar-refractivity contribution in [1.29, 1.82) is 0 Å². The summed E-state index contributed by atoms with van der Waals surface area (Å²) in [5.74, 6) is -4.70. The molecule has 0 aromatic carbocycles. The third-order valence-electron chi connectivity index (χ3n) is 4.66. The Kier molecular flexibility index (Phi) is 14.9. The molecule has 3 unspecified atom stereocenters.